The van der Waals surface area contributed by atoms with Crippen LogP contribution in [0.25, 0.3) is 0 Å². The summed E-state index contributed by atoms with van der Waals surface area (Å²) in [6.45, 7) is 3.84. The fourth-order valence-electron chi connectivity index (χ4n) is 2.93. The summed E-state index contributed by atoms with van der Waals surface area (Å²) in [5, 5.41) is 0. The lowest BCUT2D eigenvalue weighted by Gasteiger charge is -2.28. The van der Waals surface area contributed by atoms with Crippen molar-refractivity contribution in [3.63, 3.8) is 0 Å². The molecule has 1 fully saturated rings. The van der Waals surface area contributed by atoms with Gasteiger partial charge in [0.05, 0.1) is 0 Å². The van der Waals surface area contributed by atoms with Crippen molar-refractivity contribution in [2.45, 2.75) is 51.0 Å². The third-order valence-electron chi connectivity index (χ3n) is 4.14. The molecule has 16 heavy (non-hydrogen) atoms. The van der Waals surface area contributed by atoms with Crippen LogP contribution in [0.15, 0.2) is 12.2 Å². The molecule has 0 aromatic rings. The predicted octanol–water partition coefficient (Wildman–Crippen LogP) is 2.55. The van der Waals surface area contributed by atoms with Crippen LogP contribution in [0.5, 0.6) is 0 Å². The van der Waals surface area contributed by atoms with E-state index in [2.05, 4.69) is 17.1 Å². The van der Waals surface area contributed by atoms with Crippen molar-refractivity contribution in [1.29, 1.82) is 0 Å². The van der Waals surface area contributed by atoms with Gasteiger partial charge in [0.15, 0.2) is 0 Å². The highest BCUT2D eigenvalue weighted by molar-refractivity contribution is 4.87. The molecule has 2 heteroatoms. The van der Waals surface area contributed by atoms with Crippen molar-refractivity contribution in [3.05, 3.63) is 12.2 Å². The van der Waals surface area contributed by atoms with E-state index in [1.807, 2.05) is 0 Å². The van der Waals surface area contributed by atoms with Gasteiger partial charge in [0, 0.05) is 19.1 Å². The van der Waals surface area contributed by atoms with Crippen LogP contribution in [0, 0.1) is 5.92 Å². The smallest absolute Gasteiger partial charge is 0.00390 e. The van der Waals surface area contributed by atoms with Crippen LogP contribution in [0.2, 0.25) is 0 Å². The van der Waals surface area contributed by atoms with Gasteiger partial charge in [-0.15, -0.1) is 0 Å². The first-order valence-electron chi connectivity index (χ1n) is 6.97. The topological polar surface area (TPSA) is 29.3 Å². The molecule has 1 saturated carbocycles. The Labute approximate surface area is 99.9 Å². The molecule has 2 rings (SSSR count). The van der Waals surface area contributed by atoms with E-state index in [9.17, 15) is 0 Å². The van der Waals surface area contributed by atoms with Crippen molar-refractivity contribution < 1.29 is 0 Å². The van der Waals surface area contributed by atoms with Gasteiger partial charge in [-0.2, -0.15) is 0 Å². The summed E-state index contributed by atoms with van der Waals surface area (Å²) in [7, 11) is 0. The van der Waals surface area contributed by atoms with Gasteiger partial charge in [0.1, 0.15) is 0 Å². The summed E-state index contributed by atoms with van der Waals surface area (Å²) in [6.07, 6.45) is 13.8. The Balaban J connectivity index is 1.63. The molecule has 2 N–H and O–H groups in total. The molecular weight excluding hydrogens is 196 g/mol. The van der Waals surface area contributed by atoms with Crippen LogP contribution in [-0.2, 0) is 0 Å². The summed E-state index contributed by atoms with van der Waals surface area (Å²) < 4.78 is 0. The maximum Gasteiger partial charge on any atom is 0.00390 e. The van der Waals surface area contributed by atoms with E-state index in [0.717, 1.165) is 5.92 Å². The summed E-state index contributed by atoms with van der Waals surface area (Å²) >= 11 is 0. The Morgan fingerprint density at radius 2 is 1.62 bits per heavy atom. The molecule has 0 atom stereocenters. The first kappa shape index (κ1) is 12.1. The Hall–Kier alpha value is -0.340. The minimum absolute atomic E-state index is 0.499. The quantitative estimate of drug-likeness (QED) is 0.744. The molecule has 0 aromatic carbocycles. The fourth-order valence-corrected chi connectivity index (χ4v) is 2.93. The number of rotatable bonds is 3. The van der Waals surface area contributed by atoms with E-state index in [1.54, 1.807) is 0 Å². The van der Waals surface area contributed by atoms with Crippen LogP contribution < -0.4 is 5.73 Å². The average molecular weight is 222 g/mol. The van der Waals surface area contributed by atoms with Gasteiger partial charge in [-0.25, -0.2) is 0 Å². The molecule has 0 spiro atoms. The SMILES string of the molecule is NC1CCC(CCN2CCC=CCC2)CC1. The van der Waals surface area contributed by atoms with Gasteiger partial charge in [-0.1, -0.05) is 12.2 Å². The molecule has 0 amide bonds. The molecule has 2 aliphatic rings. The van der Waals surface area contributed by atoms with E-state index in [4.69, 9.17) is 5.73 Å². The lowest BCUT2D eigenvalue weighted by Crippen LogP contribution is -2.30. The second-order valence-electron chi connectivity index (χ2n) is 5.46. The van der Waals surface area contributed by atoms with Crippen LogP contribution in [0.1, 0.15) is 44.9 Å². The van der Waals surface area contributed by atoms with E-state index >= 15 is 0 Å². The normalized spacial score (nSPS) is 32.6. The molecule has 1 aliphatic heterocycles. The highest BCUT2D eigenvalue weighted by atomic mass is 15.1. The van der Waals surface area contributed by atoms with E-state index in [1.165, 1.54) is 64.6 Å². The van der Waals surface area contributed by atoms with Crippen LogP contribution in [-0.4, -0.2) is 30.6 Å². The molecule has 0 aromatic heterocycles. The molecule has 92 valence electrons. The fraction of sp³-hybridized carbons (Fsp3) is 0.857. The van der Waals surface area contributed by atoms with Gasteiger partial charge in [0.25, 0.3) is 0 Å². The van der Waals surface area contributed by atoms with Gasteiger partial charge < -0.3 is 10.6 Å². The Morgan fingerprint density at radius 3 is 2.25 bits per heavy atom. The molecule has 0 saturated heterocycles. The summed E-state index contributed by atoms with van der Waals surface area (Å²) in [5.41, 5.74) is 5.94. The predicted molar refractivity (Wildman–Crippen MR) is 69.4 cm³/mol. The monoisotopic (exact) mass is 222 g/mol. The van der Waals surface area contributed by atoms with Gasteiger partial charge in [-0.3, -0.25) is 0 Å². The minimum Gasteiger partial charge on any atom is -0.328 e. The standard InChI is InChI=1S/C14H26N2/c15-14-7-5-13(6-8-14)9-12-16-10-3-1-2-4-11-16/h1-2,13-14H,3-12,15H2. The van der Waals surface area contributed by atoms with E-state index < -0.39 is 0 Å². The lowest BCUT2D eigenvalue weighted by atomic mass is 9.84. The van der Waals surface area contributed by atoms with Crippen molar-refractivity contribution >= 4 is 0 Å². The van der Waals surface area contributed by atoms with Crippen molar-refractivity contribution in [3.8, 4) is 0 Å². The van der Waals surface area contributed by atoms with Crippen molar-refractivity contribution in [2.24, 2.45) is 11.7 Å². The minimum atomic E-state index is 0.499. The Kier molecular flexibility index (Phi) is 4.86. The summed E-state index contributed by atoms with van der Waals surface area (Å²) in [6, 6.07) is 0.499. The zero-order valence-corrected chi connectivity index (χ0v) is 10.4. The van der Waals surface area contributed by atoms with Gasteiger partial charge in [-0.05, 0) is 57.4 Å². The Morgan fingerprint density at radius 1 is 1.00 bits per heavy atom. The van der Waals surface area contributed by atoms with Gasteiger partial charge >= 0.3 is 0 Å². The average Bonchev–Trinajstić information content (AvgIpc) is 2.57. The van der Waals surface area contributed by atoms with Crippen LogP contribution >= 0.6 is 0 Å². The van der Waals surface area contributed by atoms with Crippen LogP contribution in [0.3, 0.4) is 0 Å². The third-order valence-corrected chi connectivity index (χ3v) is 4.14. The molecule has 2 nitrogen and oxygen atoms in total. The summed E-state index contributed by atoms with van der Waals surface area (Å²) in [4.78, 5) is 2.63. The second kappa shape index (κ2) is 6.41. The van der Waals surface area contributed by atoms with E-state index in [0.29, 0.717) is 6.04 Å². The van der Waals surface area contributed by atoms with Crippen molar-refractivity contribution in [2.75, 3.05) is 19.6 Å². The maximum atomic E-state index is 5.94. The molecule has 0 unspecified atom stereocenters. The highest BCUT2D eigenvalue weighted by Crippen LogP contribution is 2.26. The van der Waals surface area contributed by atoms with Crippen molar-refractivity contribution in [1.82, 2.24) is 4.90 Å². The number of hydrogen-bond acceptors (Lipinski definition) is 2. The zero-order valence-electron chi connectivity index (χ0n) is 10.4. The number of nitrogens with zero attached hydrogens (tertiary/aromatic N) is 1. The Bertz CT molecular complexity index is 207. The molecule has 1 heterocycles. The molecular formula is C14H26N2. The lowest BCUT2D eigenvalue weighted by molar-refractivity contribution is 0.233. The number of nitrogens with two attached hydrogens (primary N) is 1. The summed E-state index contributed by atoms with van der Waals surface area (Å²) in [5.74, 6) is 0.955. The zero-order chi connectivity index (χ0) is 11.2. The molecule has 0 radical (unpaired) electrons. The first-order valence-corrected chi connectivity index (χ1v) is 6.97. The first-order chi connectivity index (χ1) is 7.84. The molecule has 1 aliphatic carbocycles. The number of hydrogen-bond donors (Lipinski definition) is 1. The largest absolute Gasteiger partial charge is 0.328 e. The highest BCUT2D eigenvalue weighted by Gasteiger charge is 2.19. The third kappa shape index (κ3) is 3.91. The second-order valence-corrected chi connectivity index (χ2v) is 5.46. The van der Waals surface area contributed by atoms with E-state index in [-0.39, 0.29) is 0 Å². The molecule has 0 bridgehead atoms. The maximum absolute atomic E-state index is 5.94. The van der Waals surface area contributed by atoms with Crippen LogP contribution in [0.4, 0.5) is 0 Å². The van der Waals surface area contributed by atoms with Gasteiger partial charge in [0.2, 0.25) is 0 Å².